The van der Waals surface area contributed by atoms with Crippen molar-refractivity contribution in [2.45, 2.75) is 18.9 Å². The van der Waals surface area contributed by atoms with Crippen molar-refractivity contribution >= 4 is 23.3 Å². The zero-order valence-electron chi connectivity index (χ0n) is 13.7. The number of carbonyl (C=O) groups excluding carboxylic acids is 1. The summed E-state index contributed by atoms with van der Waals surface area (Å²) in [5, 5.41) is 3.67. The largest absolute Gasteiger partial charge is 0.486 e. The molecule has 0 saturated carbocycles. The van der Waals surface area contributed by atoms with Gasteiger partial charge in [0, 0.05) is 23.3 Å². The first-order chi connectivity index (χ1) is 12.2. The van der Waals surface area contributed by atoms with Gasteiger partial charge in [0.05, 0.1) is 6.04 Å². The van der Waals surface area contributed by atoms with Crippen LogP contribution in [-0.2, 0) is 0 Å². The zero-order valence-corrected chi connectivity index (χ0v) is 14.5. The van der Waals surface area contributed by atoms with Gasteiger partial charge in [-0.15, -0.1) is 0 Å². The number of hydrogen-bond acceptors (Lipinski definition) is 3. The number of nitrogens with zero attached hydrogens (tertiary/aromatic N) is 1. The fourth-order valence-electron chi connectivity index (χ4n) is 3.36. The number of halogens is 1. The Labute approximate surface area is 151 Å². The summed E-state index contributed by atoms with van der Waals surface area (Å²) >= 11 is 5.97. The van der Waals surface area contributed by atoms with E-state index in [1.165, 1.54) is 0 Å². The van der Waals surface area contributed by atoms with Crippen LogP contribution in [-0.4, -0.2) is 30.7 Å². The Bertz CT molecular complexity index is 779. The van der Waals surface area contributed by atoms with Crippen LogP contribution < -0.4 is 14.8 Å². The number of nitrogens with one attached hydrogen (secondary N) is 1. The first-order valence-corrected chi connectivity index (χ1v) is 8.81. The summed E-state index contributed by atoms with van der Waals surface area (Å²) in [6.45, 7) is 1.81. The van der Waals surface area contributed by atoms with Crippen LogP contribution in [0, 0.1) is 0 Å². The fourth-order valence-corrected chi connectivity index (χ4v) is 3.48. The van der Waals surface area contributed by atoms with Crippen molar-refractivity contribution in [2.24, 2.45) is 0 Å². The molecular weight excluding hydrogens is 340 g/mol. The molecule has 2 aliphatic rings. The van der Waals surface area contributed by atoms with Crippen molar-refractivity contribution in [2.75, 3.05) is 25.1 Å². The minimum atomic E-state index is -0.103. The number of hydrogen-bond donors (Lipinski definition) is 1. The highest BCUT2D eigenvalue weighted by Gasteiger charge is 2.30. The van der Waals surface area contributed by atoms with Crippen LogP contribution in [0.5, 0.6) is 11.5 Å². The molecule has 6 heteroatoms. The molecule has 4 rings (SSSR count). The first-order valence-electron chi connectivity index (χ1n) is 8.43. The molecular formula is C19H19ClN2O3. The van der Waals surface area contributed by atoms with Crippen molar-refractivity contribution in [3.8, 4) is 11.5 Å². The lowest BCUT2D eigenvalue weighted by atomic mass is 10.1. The SMILES string of the molecule is O=C(Nc1ccc2c(c1)OCCO2)N1CCC[C@@H]1c1ccc(Cl)cc1. The van der Waals surface area contributed by atoms with E-state index >= 15 is 0 Å². The van der Waals surface area contributed by atoms with Crippen molar-refractivity contribution in [3.05, 3.63) is 53.1 Å². The molecule has 0 radical (unpaired) electrons. The number of fused-ring (bicyclic) bond motifs is 1. The van der Waals surface area contributed by atoms with Crippen LogP contribution in [0.4, 0.5) is 10.5 Å². The van der Waals surface area contributed by atoms with Gasteiger partial charge in [0.25, 0.3) is 0 Å². The van der Waals surface area contributed by atoms with Gasteiger partial charge < -0.3 is 19.7 Å². The molecule has 130 valence electrons. The topological polar surface area (TPSA) is 50.8 Å². The Hall–Kier alpha value is -2.40. The highest BCUT2D eigenvalue weighted by atomic mass is 35.5. The molecule has 25 heavy (non-hydrogen) atoms. The van der Waals surface area contributed by atoms with Crippen LogP contribution in [0.15, 0.2) is 42.5 Å². The predicted octanol–water partition coefficient (Wildman–Crippen LogP) is 4.48. The molecule has 1 fully saturated rings. The van der Waals surface area contributed by atoms with Crippen LogP contribution in [0.3, 0.4) is 0 Å². The zero-order chi connectivity index (χ0) is 17.2. The van der Waals surface area contributed by atoms with Gasteiger partial charge in [-0.1, -0.05) is 23.7 Å². The molecule has 5 nitrogen and oxygen atoms in total. The molecule has 2 heterocycles. The summed E-state index contributed by atoms with van der Waals surface area (Å²) in [7, 11) is 0. The van der Waals surface area contributed by atoms with Crippen LogP contribution in [0.25, 0.3) is 0 Å². The van der Waals surface area contributed by atoms with Crippen LogP contribution in [0.1, 0.15) is 24.4 Å². The highest BCUT2D eigenvalue weighted by Crippen LogP contribution is 2.35. The predicted molar refractivity (Wildman–Crippen MR) is 96.6 cm³/mol. The minimum Gasteiger partial charge on any atom is -0.486 e. The Morgan fingerprint density at radius 1 is 1.08 bits per heavy atom. The van der Waals surface area contributed by atoms with E-state index in [0.29, 0.717) is 35.4 Å². The maximum Gasteiger partial charge on any atom is 0.322 e. The lowest BCUT2D eigenvalue weighted by Crippen LogP contribution is -2.34. The first kappa shape index (κ1) is 16.1. The van der Waals surface area contributed by atoms with E-state index < -0.39 is 0 Å². The van der Waals surface area contributed by atoms with Crippen LogP contribution in [0.2, 0.25) is 5.02 Å². The summed E-state index contributed by atoms with van der Waals surface area (Å²) in [4.78, 5) is 14.6. The average molecular weight is 359 g/mol. The van der Waals surface area contributed by atoms with Crippen molar-refractivity contribution in [1.82, 2.24) is 4.90 Å². The summed E-state index contributed by atoms with van der Waals surface area (Å²) in [5.74, 6) is 1.38. The monoisotopic (exact) mass is 358 g/mol. The summed E-state index contributed by atoms with van der Waals surface area (Å²) in [5.41, 5.74) is 1.82. The van der Waals surface area contributed by atoms with Gasteiger partial charge >= 0.3 is 6.03 Å². The maximum absolute atomic E-state index is 12.8. The molecule has 0 aromatic heterocycles. The molecule has 2 aliphatic heterocycles. The van der Waals surface area contributed by atoms with Gasteiger partial charge in [0.1, 0.15) is 13.2 Å². The van der Waals surface area contributed by atoms with E-state index in [1.807, 2.05) is 41.3 Å². The van der Waals surface area contributed by atoms with E-state index in [0.717, 1.165) is 24.9 Å². The number of likely N-dealkylation sites (tertiary alicyclic amines) is 1. The number of rotatable bonds is 2. The Morgan fingerprint density at radius 3 is 2.64 bits per heavy atom. The Balaban J connectivity index is 1.49. The third-order valence-corrected chi connectivity index (χ3v) is 4.81. The van der Waals surface area contributed by atoms with E-state index in [2.05, 4.69) is 5.32 Å². The molecule has 0 unspecified atom stereocenters. The standard InChI is InChI=1S/C19H19ClN2O3/c20-14-5-3-13(4-6-14)16-2-1-9-22(16)19(23)21-15-7-8-17-18(12-15)25-11-10-24-17/h3-8,12,16H,1-2,9-11H2,(H,21,23)/t16-/m1/s1. The van der Waals surface area contributed by atoms with Gasteiger partial charge in [-0.05, 0) is 42.7 Å². The average Bonchev–Trinajstić information content (AvgIpc) is 3.12. The lowest BCUT2D eigenvalue weighted by molar-refractivity contribution is 0.171. The third-order valence-electron chi connectivity index (χ3n) is 4.56. The third kappa shape index (κ3) is 3.37. The number of benzene rings is 2. The second-order valence-electron chi connectivity index (χ2n) is 6.19. The number of amides is 2. The summed E-state index contributed by atoms with van der Waals surface area (Å²) in [6.07, 6.45) is 1.94. The molecule has 1 atom stereocenters. The van der Waals surface area contributed by atoms with E-state index in [4.69, 9.17) is 21.1 Å². The maximum atomic E-state index is 12.8. The Kier molecular flexibility index (Phi) is 4.40. The van der Waals surface area contributed by atoms with Gasteiger partial charge in [0.2, 0.25) is 0 Å². The normalized spacial score (nSPS) is 18.9. The molecule has 2 amide bonds. The van der Waals surface area contributed by atoms with Gasteiger partial charge in [-0.2, -0.15) is 0 Å². The lowest BCUT2D eigenvalue weighted by Gasteiger charge is -2.26. The summed E-state index contributed by atoms with van der Waals surface area (Å²) < 4.78 is 11.1. The van der Waals surface area contributed by atoms with Crippen molar-refractivity contribution in [1.29, 1.82) is 0 Å². The highest BCUT2D eigenvalue weighted by molar-refractivity contribution is 6.30. The molecule has 2 aromatic rings. The molecule has 0 bridgehead atoms. The van der Waals surface area contributed by atoms with Crippen molar-refractivity contribution in [3.63, 3.8) is 0 Å². The van der Waals surface area contributed by atoms with Gasteiger partial charge in [0.15, 0.2) is 11.5 Å². The minimum absolute atomic E-state index is 0.0782. The number of carbonyl (C=O) groups is 1. The smallest absolute Gasteiger partial charge is 0.322 e. The molecule has 0 spiro atoms. The fraction of sp³-hybridized carbons (Fsp3) is 0.316. The second kappa shape index (κ2) is 6.84. The van der Waals surface area contributed by atoms with E-state index in [9.17, 15) is 4.79 Å². The number of ether oxygens (including phenoxy) is 2. The quantitative estimate of drug-likeness (QED) is 0.861. The van der Waals surface area contributed by atoms with Crippen molar-refractivity contribution < 1.29 is 14.3 Å². The molecule has 2 aromatic carbocycles. The molecule has 1 N–H and O–H groups in total. The van der Waals surface area contributed by atoms with Gasteiger partial charge in [-0.25, -0.2) is 4.79 Å². The summed E-state index contributed by atoms with van der Waals surface area (Å²) in [6, 6.07) is 13.1. The van der Waals surface area contributed by atoms with Crippen LogP contribution >= 0.6 is 11.6 Å². The second-order valence-corrected chi connectivity index (χ2v) is 6.63. The molecule has 0 aliphatic carbocycles. The number of anilines is 1. The van der Waals surface area contributed by atoms with Gasteiger partial charge in [-0.3, -0.25) is 0 Å². The Morgan fingerprint density at radius 2 is 1.84 bits per heavy atom. The molecule has 1 saturated heterocycles. The van der Waals surface area contributed by atoms with E-state index in [1.54, 1.807) is 6.07 Å². The van der Waals surface area contributed by atoms with E-state index in [-0.39, 0.29) is 12.1 Å². The number of urea groups is 1.